The number of rotatable bonds is 6. The largest absolute Gasteiger partial charge is 0.486 e. The number of nitrogens with one attached hydrogen (secondary N) is 1. The number of benzene rings is 1. The summed E-state index contributed by atoms with van der Waals surface area (Å²) in [6, 6.07) is 7.31. The van der Waals surface area contributed by atoms with E-state index in [-0.39, 0.29) is 23.7 Å². The van der Waals surface area contributed by atoms with Gasteiger partial charge in [-0.3, -0.25) is 4.79 Å². The molecule has 0 bridgehead atoms. The third-order valence-corrected chi connectivity index (χ3v) is 5.46. The summed E-state index contributed by atoms with van der Waals surface area (Å²) < 4.78 is 12.6. The second-order valence-electron chi connectivity index (χ2n) is 7.25. The number of hydrogen-bond acceptors (Lipinski definition) is 6. The molecule has 2 heterocycles. The van der Waals surface area contributed by atoms with Crippen LogP contribution < -0.4 is 14.8 Å². The summed E-state index contributed by atoms with van der Waals surface area (Å²) in [6.07, 6.45) is 5.62. The predicted octanol–water partition coefficient (Wildman–Crippen LogP) is 2.19. The van der Waals surface area contributed by atoms with Crippen LogP contribution in [0.4, 0.5) is 5.82 Å². The Morgan fingerprint density at radius 1 is 1.21 bits per heavy atom. The fourth-order valence-corrected chi connectivity index (χ4v) is 4.00. The van der Waals surface area contributed by atoms with Crippen molar-refractivity contribution in [2.24, 2.45) is 0 Å². The highest BCUT2D eigenvalue weighted by molar-refractivity contribution is 5.75. The number of carbonyl (C=O) groups excluding carboxylic acids is 1. The van der Waals surface area contributed by atoms with Gasteiger partial charge in [0.2, 0.25) is 5.91 Å². The van der Waals surface area contributed by atoms with Gasteiger partial charge in [0, 0.05) is 12.0 Å². The van der Waals surface area contributed by atoms with E-state index in [4.69, 9.17) is 9.47 Å². The van der Waals surface area contributed by atoms with Gasteiger partial charge in [-0.2, -0.15) is 4.68 Å². The Hall–Kier alpha value is -3.10. The lowest BCUT2D eigenvalue weighted by Crippen LogP contribution is -2.40. The summed E-state index contributed by atoms with van der Waals surface area (Å²) in [5.41, 5.74) is 1.01. The number of nitrogens with zero attached hydrogens (tertiary/aromatic N) is 3. The molecule has 1 aliphatic heterocycles. The van der Waals surface area contributed by atoms with E-state index in [2.05, 4.69) is 16.5 Å². The van der Waals surface area contributed by atoms with E-state index in [9.17, 15) is 14.9 Å². The van der Waals surface area contributed by atoms with Crippen molar-refractivity contribution in [3.8, 4) is 11.5 Å². The standard InChI is InChI=1S/C19H22N4O5/c24-18(12-22-8-5-17(21-22)23(25)26)20-13-19(6-1-2-7-19)14-3-4-15-16(11-14)28-10-9-27-15/h3-5,8,11H,1-2,6-7,9-10,12-13H2,(H,20,24). The van der Waals surface area contributed by atoms with Crippen LogP contribution in [0, 0.1) is 10.1 Å². The van der Waals surface area contributed by atoms with Gasteiger partial charge < -0.3 is 24.9 Å². The van der Waals surface area contributed by atoms with E-state index in [1.165, 1.54) is 16.9 Å². The number of fused-ring (bicyclic) bond motifs is 1. The molecule has 1 amide bonds. The molecule has 0 saturated heterocycles. The van der Waals surface area contributed by atoms with Crippen LogP contribution in [-0.4, -0.2) is 40.4 Å². The molecule has 0 unspecified atom stereocenters. The lowest BCUT2D eigenvalue weighted by Gasteiger charge is -2.31. The van der Waals surface area contributed by atoms with Crippen molar-refractivity contribution in [1.82, 2.24) is 15.1 Å². The summed E-state index contributed by atoms with van der Waals surface area (Å²) >= 11 is 0. The minimum atomic E-state index is -0.580. The SMILES string of the molecule is O=C(Cn1ccc([N+](=O)[O-])n1)NCC1(c2ccc3c(c2)OCCO3)CCCC1. The van der Waals surface area contributed by atoms with Gasteiger partial charge in [-0.05, 0) is 35.5 Å². The molecule has 9 nitrogen and oxygen atoms in total. The number of nitro groups is 1. The van der Waals surface area contributed by atoms with Crippen molar-refractivity contribution in [3.63, 3.8) is 0 Å². The first-order valence-electron chi connectivity index (χ1n) is 9.40. The zero-order chi connectivity index (χ0) is 19.6. The number of amides is 1. The molecule has 1 saturated carbocycles. The monoisotopic (exact) mass is 386 g/mol. The van der Waals surface area contributed by atoms with Crippen molar-refractivity contribution in [2.45, 2.75) is 37.6 Å². The first-order valence-corrected chi connectivity index (χ1v) is 9.40. The summed E-state index contributed by atoms with van der Waals surface area (Å²) in [6.45, 7) is 1.55. The summed E-state index contributed by atoms with van der Waals surface area (Å²) in [5, 5.41) is 17.5. The fourth-order valence-electron chi connectivity index (χ4n) is 4.00. The van der Waals surface area contributed by atoms with Gasteiger partial charge in [-0.25, -0.2) is 0 Å². The molecule has 1 aliphatic carbocycles. The molecule has 28 heavy (non-hydrogen) atoms. The lowest BCUT2D eigenvalue weighted by atomic mass is 9.78. The van der Waals surface area contributed by atoms with Crippen LogP contribution in [0.5, 0.6) is 11.5 Å². The lowest BCUT2D eigenvalue weighted by molar-refractivity contribution is -0.389. The smallest absolute Gasteiger partial charge is 0.389 e. The van der Waals surface area contributed by atoms with Crippen LogP contribution in [0.15, 0.2) is 30.5 Å². The number of aromatic nitrogens is 2. The number of carbonyl (C=O) groups is 1. The Balaban J connectivity index is 1.44. The van der Waals surface area contributed by atoms with E-state index >= 15 is 0 Å². The minimum absolute atomic E-state index is 0.0505. The highest BCUT2D eigenvalue weighted by Crippen LogP contribution is 2.43. The van der Waals surface area contributed by atoms with Gasteiger partial charge in [0.25, 0.3) is 0 Å². The van der Waals surface area contributed by atoms with Crippen molar-refractivity contribution >= 4 is 11.7 Å². The first-order chi connectivity index (χ1) is 13.6. The van der Waals surface area contributed by atoms with E-state index in [0.29, 0.717) is 19.8 Å². The molecule has 0 spiro atoms. The molecular weight excluding hydrogens is 364 g/mol. The van der Waals surface area contributed by atoms with Crippen LogP contribution in [-0.2, 0) is 16.8 Å². The zero-order valence-corrected chi connectivity index (χ0v) is 15.4. The fraction of sp³-hybridized carbons (Fsp3) is 0.474. The number of ether oxygens (including phenoxy) is 2. The summed E-state index contributed by atoms with van der Waals surface area (Å²) in [5.74, 6) is 1.02. The molecule has 0 atom stereocenters. The van der Waals surface area contributed by atoms with Gasteiger partial charge in [0.05, 0.1) is 17.4 Å². The first kappa shape index (κ1) is 18.3. The molecular formula is C19H22N4O5. The van der Waals surface area contributed by atoms with Gasteiger partial charge in [0.15, 0.2) is 11.5 Å². The van der Waals surface area contributed by atoms with E-state index in [0.717, 1.165) is 42.7 Å². The van der Waals surface area contributed by atoms with Gasteiger partial charge in [-0.15, -0.1) is 0 Å². The van der Waals surface area contributed by atoms with E-state index in [1.54, 1.807) is 0 Å². The Labute approximate surface area is 161 Å². The van der Waals surface area contributed by atoms with Crippen molar-refractivity contribution in [1.29, 1.82) is 0 Å². The highest BCUT2D eigenvalue weighted by Gasteiger charge is 2.37. The Kier molecular flexibility index (Phi) is 4.89. The third kappa shape index (κ3) is 3.64. The van der Waals surface area contributed by atoms with Crippen LogP contribution in [0.1, 0.15) is 31.2 Å². The molecule has 1 aromatic heterocycles. The van der Waals surface area contributed by atoms with Gasteiger partial charge >= 0.3 is 5.82 Å². The van der Waals surface area contributed by atoms with E-state index < -0.39 is 4.92 Å². The second-order valence-corrected chi connectivity index (χ2v) is 7.25. The maximum Gasteiger partial charge on any atom is 0.389 e. The van der Waals surface area contributed by atoms with Crippen LogP contribution in [0.25, 0.3) is 0 Å². The van der Waals surface area contributed by atoms with Gasteiger partial charge in [0.1, 0.15) is 19.8 Å². The Morgan fingerprint density at radius 2 is 1.96 bits per heavy atom. The molecule has 2 aliphatic rings. The predicted molar refractivity (Wildman–Crippen MR) is 99.5 cm³/mol. The van der Waals surface area contributed by atoms with Crippen LogP contribution >= 0.6 is 0 Å². The average molecular weight is 386 g/mol. The summed E-state index contributed by atoms with van der Waals surface area (Å²) in [7, 11) is 0. The normalized spacial score (nSPS) is 17.3. The molecule has 0 radical (unpaired) electrons. The molecule has 148 valence electrons. The zero-order valence-electron chi connectivity index (χ0n) is 15.4. The number of hydrogen-bond donors (Lipinski definition) is 1. The molecule has 9 heteroatoms. The topological polar surface area (TPSA) is 109 Å². The van der Waals surface area contributed by atoms with Crippen molar-refractivity contribution < 1.29 is 19.2 Å². The van der Waals surface area contributed by atoms with E-state index in [1.807, 2.05) is 12.1 Å². The van der Waals surface area contributed by atoms with Crippen LogP contribution in [0.3, 0.4) is 0 Å². The minimum Gasteiger partial charge on any atom is -0.486 e. The molecule has 4 rings (SSSR count). The summed E-state index contributed by atoms with van der Waals surface area (Å²) in [4.78, 5) is 22.5. The van der Waals surface area contributed by atoms with Crippen LogP contribution in [0.2, 0.25) is 0 Å². The second kappa shape index (κ2) is 7.49. The molecule has 1 fully saturated rings. The third-order valence-electron chi connectivity index (χ3n) is 5.46. The van der Waals surface area contributed by atoms with Crippen molar-refractivity contribution in [3.05, 3.63) is 46.1 Å². The Morgan fingerprint density at radius 3 is 2.68 bits per heavy atom. The van der Waals surface area contributed by atoms with Crippen molar-refractivity contribution in [2.75, 3.05) is 19.8 Å². The average Bonchev–Trinajstić information content (AvgIpc) is 3.36. The quantitative estimate of drug-likeness (QED) is 0.602. The molecule has 2 aromatic rings. The Bertz CT molecular complexity index is 888. The maximum atomic E-state index is 12.4. The molecule has 1 aromatic carbocycles. The maximum absolute atomic E-state index is 12.4. The highest BCUT2D eigenvalue weighted by atomic mass is 16.6. The van der Waals surface area contributed by atoms with Gasteiger partial charge in [-0.1, -0.05) is 18.9 Å². The molecule has 1 N–H and O–H groups in total.